The van der Waals surface area contributed by atoms with Gasteiger partial charge in [0.05, 0.1) is 17.1 Å². The first-order valence-electron chi connectivity index (χ1n) is 9.48. The number of imidazole rings is 1. The lowest BCUT2D eigenvalue weighted by Gasteiger charge is -2.17. The minimum absolute atomic E-state index is 0.0918. The Kier molecular flexibility index (Phi) is 4.94. The molecule has 4 heteroatoms. The van der Waals surface area contributed by atoms with Crippen LogP contribution in [0.15, 0.2) is 78.9 Å². The van der Waals surface area contributed by atoms with Crippen molar-refractivity contribution in [2.75, 3.05) is 0 Å². The molecule has 3 aromatic carbocycles. The summed E-state index contributed by atoms with van der Waals surface area (Å²) in [4.78, 5) is 17.5. The van der Waals surface area contributed by atoms with Crippen LogP contribution in [-0.2, 0) is 6.54 Å². The Labute approximate surface area is 164 Å². The van der Waals surface area contributed by atoms with Crippen molar-refractivity contribution >= 4 is 16.9 Å². The molecule has 0 aliphatic heterocycles. The van der Waals surface area contributed by atoms with E-state index in [1.807, 2.05) is 74.5 Å². The molecular formula is C24H23N3O. The highest BCUT2D eigenvalue weighted by molar-refractivity contribution is 5.94. The molecule has 28 heavy (non-hydrogen) atoms. The van der Waals surface area contributed by atoms with Gasteiger partial charge in [-0.25, -0.2) is 4.98 Å². The zero-order valence-electron chi connectivity index (χ0n) is 16.1. The van der Waals surface area contributed by atoms with Crippen molar-refractivity contribution in [1.29, 1.82) is 0 Å². The topological polar surface area (TPSA) is 46.9 Å². The summed E-state index contributed by atoms with van der Waals surface area (Å²) in [5, 5.41) is 3.10. The zero-order valence-corrected chi connectivity index (χ0v) is 16.1. The number of fused-ring (bicyclic) bond motifs is 1. The molecule has 0 aliphatic rings. The van der Waals surface area contributed by atoms with Crippen molar-refractivity contribution in [3.8, 4) is 0 Å². The summed E-state index contributed by atoms with van der Waals surface area (Å²) in [6.45, 7) is 4.70. The lowest BCUT2D eigenvalue weighted by atomic mass is 10.1. The van der Waals surface area contributed by atoms with Crippen LogP contribution in [0.25, 0.3) is 11.0 Å². The van der Waals surface area contributed by atoms with Gasteiger partial charge in [0.25, 0.3) is 5.91 Å². The lowest BCUT2D eigenvalue weighted by molar-refractivity contribution is 0.0938. The molecule has 4 rings (SSSR count). The largest absolute Gasteiger partial charge is 0.342 e. The highest BCUT2D eigenvalue weighted by Crippen LogP contribution is 2.22. The molecule has 140 valence electrons. The fourth-order valence-corrected chi connectivity index (χ4v) is 3.41. The number of benzene rings is 3. The average molecular weight is 369 g/mol. The fourth-order valence-electron chi connectivity index (χ4n) is 3.41. The normalized spacial score (nSPS) is 12.1. The maximum atomic E-state index is 12.7. The number of carbonyl (C=O) groups is 1. The van der Waals surface area contributed by atoms with Crippen LogP contribution < -0.4 is 5.32 Å². The molecule has 0 spiro atoms. The maximum absolute atomic E-state index is 12.7. The number of nitrogens with one attached hydrogen (secondary N) is 1. The van der Waals surface area contributed by atoms with Gasteiger partial charge < -0.3 is 9.88 Å². The number of carbonyl (C=O) groups excluding carboxylic acids is 1. The molecule has 4 aromatic rings. The first kappa shape index (κ1) is 18.0. The molecule has 1 N–H and O–H groups in total. The molecule has 1 amide bonds. The smallest absolute Gasteiger partial charge is 0.251 e. The molecule has 0 bridgehead atoms. The Morgan fingerprint density at radius 3 is 2.39 bits per heavy atom. The molecule has 0 saturated carbocycles. The second-order valence-corrected chi connectivity index (χ2v) is 7.09. The summed E-state index contributed by atoms with van der Waals surface area (Å²) in [5.41, 5.74) is 4.99. The van der Waals surface area contributed by atoms with Crippen molar-refractivity contribution in [3.63, 3.8) is 0 Å². The summed E-state index contributed by atoms with van der Waals surface area (Å²) in [5.74, 6) is 0.760. The molecule has 1 heterocycles. The fraction of sp³-hybridized carbons (Fsp3) is 0.167. The third-order valence-corrected chi connectivity index (χ3v) is 4.92. The van der Waals surface area contributed by atoms with Crippen LogP contribution in [0.3, 0.4) is 0 Å². The molecule has 0 saturated heterocycles. The molecule has 1 unspecified atom stereocenters. The number of hydrogen-bond acceptors (Lipinski definition) is 2. The minimum Gasteiger partial charge on any atom is -0.342 e. The van der Waals surface area contributed by atoms with Crippen LogP contribution in [0.5, 0.6) is 0 Å². The van der Waals surface area contributed by atoms with Crippen molar-refractivity contribution < 1.29 is 4.79 Å². The zero-order chi connectivity index (χ0) is 19.5. The van der Waals surface area contributed by atoms with Gasteiger partial charge in [-0.1, -0.05) is 60.2 Å². The Morgan fingerprint density at radius 1 is 0.964 bits per heavy atom. The molecule has 0 fully saturated rings. The van der Waals surface area contributed by atoms with E-state index in [0.717, 1.165) is 22.4 Å². The Morgan fingerprint density at radius 2 is 1.64 bits per heavy atom. The monoisotopic (exact) mass is 369 g/mol. The van der Waals surface area contributed by atoms with Crippen LogP contribution in [0.4, 0.5) is 0 Å². The molecule has 4 nitrogen and oxygen atoms in total. The second kappa shape index (κ2) is 7.69. The molecular weight excluding hydrogens is 346 g/mol. The summed E-state index contributed by atoms with van der Waals surface area (Å²) in [6.07, 6.45) is 0. The van der Waals surface area contributed by atoms with Gasteiger partial charge in [-0.15, -0.1) is 0 Å². The predicted molar refractivity (Wildman–Crippen MR) is 112 cm³/mol. The van der Waals surface area contributed by atoms with E-state index in [1.54, 1.807) is 0 Å². The first-order chi connectivity index (χ1) is 13.6. The summed E-state index contributed by atoms with van der Waals surface area (Å²) >= 11 is 0. The SMILES string of the molecule is Cc1ccc(C(=O)NC(C)c2nc3ccccc3n2Cc2ccccc2)cc1. The maximum Gasteiger partial charge on any atom is 0.251 e. The summed E-state index contributed by atoms with van der Waals surface area (Å²) in [6, 6.07) is 25.8. The third-order valence-electron chi connectivity index (χ3n) is 4.92. The van der Waals surface area contributed by atoms with Crippen LogP contribution in [-0.4, -0.2) is 15.5 Å². The Hall–Kier alpha value is -3.40. The number of nitrogens with zero attached hydrogens (tertiary/aromatic N) is 2. The molecule has 1 aromatic heterocycles. The standard InChI is InChI=1S/C24H23N3O/c1-17-12-14-20(15-13-17)24(28)25-18(2)23-26-21-10-6-7-11-22(21)27(23)16-19-8-4-3-5-9-19/h3-15,18H,16H2,1-2H3,(H,25,28). The predicted octanol–water partition coefficient (Wildman–Crippen LogP) is 4.88. The first-order valence-corrected chi connectivity index (χ1v) is 9.48. The highest BCUT2D eigenvalue weighted by atomic mass is 16.1. The van der Waals surface area contributed by atoms with Crippen molar-refractivity contribution in [3.05, 3.63) is 101 Å². The third kappa shape index (κ3) is 3.67. The van der Waals surface area contributed by atoms with Crippen molar-refractivity contribution in [2.24, 2.45) is 0 Å². The van der Waals surface area contributed by atoms with Gasteiger partial charge in [-0.3, -0.25) is 4.79 Å². The van der Waals surface area contributed by atoms with Crippen LogP contribution >= 0.6 is 0 Å². The van der Waals surface area contributed by atoms with Gasteiger partial charge >= 0.3 is 0 Å². The highest BCUT2D eigenvalue weighted by Gasteiger charge is 2.19. The number of rotatable bonds is 5. The van der Waals surface area contributed by atoms with Crippen molar-refractivity contribution in [1.82, 2.24) is 14.9 Å². The van der Waals surface area contributed by atoms with Gasteiger partial charge in [0, 0.05) is 12.1 Å². The van der Waals surface area contributed by atoms with Crippen molar-refractivity contribution in [2.45, 2.75) is 26.4 Å². The van der Waals surface area contributed by atoms with E-state index in [1.165, 1.54) is 5.56 Å². The van der Waals surface area contributed by atoms with E-state index in [0.29, 0.717) is 12.1 Å². The lowest BCUT2D eigenvalue weighted by Crippen LogP contribution is -2.28. The van der Waals surface area contributed by atoms with E-state index >= 15 is 0 Å². The number of hydrogen-bond donors (Lipinski definition) is 1. The van der Waals surface area contributed by atoms with Gasteiger partial charge in [0.15, 0.2) is 0 Å². The van der Waals surface area contributed by atoms with Gasteiger partial charge in [0.2, 0.25) is 0 Å². The average Bonchev–Trinajstić information content (AvgIpc) is 3.08. The Balaban J connectivity index is 1.66. The number of amides is 1. The number of aryl methyl sites for hydroxylation is 1. The van der Waals surface area contributed by atoms with E-state index < -0.39 is 0 Å². The number of aromatic nitrogens is 2. The van der Waals surface area contributed by atoms with E-state index in [2.05, 4.69) is 28.1 Å². The van der Waals surface area contributed by atoms with E-state index in [9.17, 15) is 4.79 Å². The Bertz CT molecular complexity index is 1100. The van der Waals surface area contributed by atoms with Gasteiger partial charge in [-0.2, -0.15) is 0 Å². The van der Waals surface area contributed by atoms with Crippen LogP contribution in [0.1, 0.15) is 40.3 Å². The molecule has 0 radical (unpaired) electrons. The van der Waals surface area contributed by atoms with E-state index in [4.69, 9.17) is 4.98 Å². The minimum atomic E-state index is -0.218. The quantitative estimate of drug-likeness (QED) is 0.545. The molecule has 1 atom stereocenters. The molecule has 0 aliphatic carbocycles. The summed E-state index contributed by atoms with van der Waals surface area (Å²) < 4.78 is 2.19. The summed E-state index contributed by atoms with van der Waals surface area (Å²) in [7, 11) is 0. The van der Waals surface area contributed by atoms with E-state index in [-0.39, 0.29) is 11.9 Å². The van der Waals surface area contributed by atoms with Crippen LogP contribution in [0.2, 0.25) is 0 Å². The van der Waals surface area contributed by atoms with Gasteiger partial charge in [-0.05, 0) is 43.7 Å². The second-order valence-electron chi connectivity index (χ2n) is 7.09. The van der Waals surface area contributed by atoms with Gasteiger partial charge in [0.1, 0.15) is 5.82 Å². The number of para-hydroxylation sites is 2. The van der Waals surface area contributed by atoms with Crippen LogP contribution in [0, 0.1) is 6.92 Å².